The van der Waals surface area contributed by atoms with Gasteiger partial charge in [-0.05, 0) is 31.0 Å². The summed E-state index contributed by atoms with van der Waals surface area (Å²) in [7, 11) is 1.57. The Bertz CT molecular complexity index is 447. The van der Waals surface area contributed by atoms with Gasteiger partial charge in [-0.3, -0.25) is 9.59 Å². The average molecular weight is 269 g/mol. The molecule has 0 atom stereocenters. The zero-order chi connectivity index (χ0) is 13.5. The summed E-state index contributed by atoms with van der Waals surface area (Å²) in [5, 5.41) is 5.33. The lowest BCUT2D eigenvalue weighted by molar-refractivity contribution is -0.116. The zero-order valence-electron chi connectivity index (χ0n) is 10.5. The molecule has 0 saturated carbocycles. The van der Waals surface area contributed by atoms with Crippen molar-refractivity contribution in [2.24, 2.45) is 0 Å². The van der Waals surface area contributed by atoms with Gasteiger partial charge in [0.05, 0.1) is 0 Å². The molecule has 0 aromatic heterocycles. The highest BCUT2D eigenvalue weighted by Gasteiger charge is 2.08. The third kappa shape index (κ3) is 4.04. The van der Waals surface area contributed by atoms with Crippen LogP contribution >= 0.6 is 11.6 Å². The Kier molecular flexibility index (Phi) is 5.65. The molecule has 98 valence electrons. The Balaban J connectivity index is 2.81. The molecule has 0 bridgehead atoms. The monoisotopic (exact) mass is 268 g/mol. The highest BCUT2D eigenvalue weighted by molar-refractivity contribution is 6.18. The predicted octanol–water partition coefficient (Wildman–Crippen LogP) is 2.31. The largest absolute Gasteiger partial charge is 0.355 e. The molecule has 1 rings (SSSR count). The number of alkyl halides is 1. The molecule has 0 saturated heterocycles. The number of rotatable bonds is 5. The molecule has 0 aliphatic rings. The van der Waals surface area contributed by atoms with Crippen molar-refractivity contribution in [3.63, 3.8) is 0 Å². The van der Waals surface area contributed by atoms with Crippen molar-refractivity contribution in [3.8, 4) is 0 Å². The van der Waals surface area contributed by atoms with Crippen LogP contribution in [0.2, 0.25) is 0 Å². The molecule has 2 amide bonds. The van der Waals surface area contributed by atoms with Crippen LogP contribution < -0.4 is 10.6 Å². The summed E-state index contributed by atoms with van der Waals surface area (Å²) in [6, 6.07) is 5.21. The van der Waals surface area contributed by atoms with Crippen molar-refractivity contribution < 1.29 is 9.59 Å². The molecule has 2 N–H and O–H groups in total. The lowest BCUT2D eigenvalue weighted by Gasteiger charge is -2.10. The maximum absolute atomic E-state index is 11.6. The molecule has 0 heterocycles. The number of hydrogen-bond donors (Lipinski definition) is 2. The lowest BCUT2D eigenvalue weighted by Crippen LogP contribution is -2.19. The molecule has 1 aromatic rings. The van der Waals surface area contributed by atoms with E-state index in [2.05, 4.69) is 10.6 Å². The van der Waals surface area contributed by atoms with E-state index in [-0.39, 0.29) is 11.8 Å². The van der Waals surface area contributed by atoms with E-state index in [1.165, 1.54) is 0 Å². The number of benzene rings is 1. The van der Waals surface area contributed by atoms with Crippen LogP contribution in [0.1, 0.15) is 28.8 Å². The van der Waals surface area contributed by atoms with Crippen molar-refractivity contribution in [1.29, 1.82) is 0 Å². The van der Waals surface area contributed by atoms with Gasteiger partial charge in [0.1, 0.15) is 0 Å². The number of carbonyl (C=O) groups excluding carboxylic acids is 2. The first-order valence-electron chi connectivity index (χ1n) is 5.77. The van der Waals surface area contributed by atoms with Gasteiger partial charge in [-0.25, -0.2) is 0 Å². The van der Waals surface area contributed by atoms with Crippen LogP contribution in [-0.2, 0) is 4.79 Å². The normalized spacial score (nSPS) is 9.94. The zero-order valence-corrected chi connectivity index (χ0v) is 11.3. The van der Waals surface area contributed by atoms with Crippen LogP contribution in [0.25, 0.3) is 0 Å². The van der Waals surface area contributed by atoms with Crippen LogP contribution in [0.3, 0.4) is 0 Å². The first-order valence-corrected chi connectivity index (χ1v) is 6.30. The van der Waals surface area contributed by atoms with E-state index < -0.39 is 0 Å². The van der Waals surface area contributed by atoms with Crippen molar-refractivity contribution in [3.05, 3.63) is 29.3 Å². The Hall–Kier alpha value is -1.55. The Morgan fingerprint density at radius 2 is 2.06 bits per heavy atom. The molecule has 0 radical (unpaired) electrons. The molecular formula is C13H17ClN2O2. The van der Waals surface area contributed by atoms with Crippen LogP contribution in [-0.4, -0.2) is 24.7 Å². The number of amides is 2. The summed E-state index contributed by atoms with van der Waals surface area (Å²) < 4.78 is 0. The molecule has 0 aliphatic carbocycles. The molecule has 4 nitrogen and oxygen atoms in total. The van der Waals surface area contributed by atoms with Gasteiger partial charge in [-0.15, -0.1) is 11.6 Å². The van der Waals surface area contributed by atoms with E-state index in [4.69, 9.17) is 11.6 Å². The first-order chi connectivity index (χ1) is 8.58. The smallest absolute Gasteiger partial charge is 0.251 e. The minimum Gasteiger partial charge on any atom is -0.355 e. The van der Waals surface area contributed by atoms with Gasteiger partial charge in [-0.1, -0.05) is 6.07 Å². The number of halogens is 1. The quantitative estimate of drug-likeness (QED) is 0.805. The number of hydrogen-bond acceptors (Lipinski definition) is 2. The van der Waals surface area contributed by atoms with E-state index >= 15 is 0 Å². The fourth-order valence-corrected chi connectivity index (χ4v) is 1.62. The predicted molar refractivity (Wildman–Crippen MR) is 73.2 cm³/mol. The third-order valence-corrected chi connectivity index (χ3v) is 2.81. The van der Waals surface area contributed by atoms with E-state index in [1.54, 1.807) is 19.2 Å². The number of aryl methyl sites for hydroxylation is 1. The van der Waals surface area contributed by atoms with E-state index in [1.807, 2.05) is 13.0 Å². The standard InChI is InChI=1S/C13H17ClN2O2/c1-9-5-6-10(13(18)15-2)8-11(9)16-12(17)4-3-7-14/h5-6,8H,3-4,7H2,1-2H3,(H,15,18)(H,16,17). The highest BCUT2D eigenvalue weighted by Crippen LogP contribution is 2.17. The second-order valence-corrected chi connectivity index (χ2v) is 4.33. The van der Waals surface area contributed by atoms with Crippen LogP contribution in [0.5, 0.6) is 0 Å². The summed E-state index contributed by atoms with van der Waals surface area (Å²) in [6.07, 6.45) is 1.02. The van der Waals surface area contributed by atoms with Crippen molar-refractivity contribution in [1.82, 2.24) is 5.32 Å². The van der Waals surface area contributed by atoms with Gasteiger partial charge in [-0.2, -0.15) is 0 Å². The Labute approximate surface area is 112 Å². The maximum Gasteiger partial charge on any atom is 0.251 e. The summed E-state index contributed by atoms with van der Waals surface area (Å²) >= 11 is 5.53. The fraction of sp³-hybridized carbons (Fsp3) is 0.385. The topological polar surface area (TPSA) is 58.2 Å². The average Bonchev–Trinajstić information content (AvgIpc) is 2.38. The van der Waals surface area contributed by atoms with Crippen molar-refractivity contribution >= 4 is 29.1 Å². The van der Waals surface area contributed by atoms with Gasteiger partial charge in [0, 0.05) is 30.6 Å². The molecule has 5 heteroatoms. The summed E-state index contributed by atoms with van der Waals surface area (Å²) in [5.74, 6) is 0.198. The van der Waals surface area contributed by atoms with Crippen molar-refractivity contribution in [2.75, 3.05) is 18.2 Å². The highest BCUT2D eigenvalue weighted by atomic mass is 35.5. The molecular weight excluding hydrogens is 252 g/mol. The minimum atomic E-state index is -0.175. The fourth-order valence-electron chi connectivity index (χ4n) is 1.48. The molecule has 0 spiro atoms. The lowest BCUT2D eigenvalue weighted by atomic mass is 10.1. The molecule has 18 heavy (non-hydrogen) atoms. The number of nitrogens with one attached hydrogen (secondary N) is 2. The number of carbonyl (C=O) groups is 2. The number of anilines is 1. The Morgan fingerprint density at radius 1 is 1.33 bits per heavy atom. The van der Waals surface area contributed by atoms with E-state index in [0.717, 1.165) is 5.56 Å². The molecule has 0 aliphatic heterocycles. The molecule has 1 aromatic carbocycles. The van der Waals surface area contributed by atoms with Crippen LogP contribution in [0, 0.1) is 6.92 Å². The van der Waals surface area contributed by atoms with Gasteiger partial charge in [0.15, 0.2) is 0 Å². The molecule has 0 fully saturated rings. The van der Waals surface area contributed by atoms with E-state index in [9.17, 15) is 9.59 Å². The summed E-state index contributed by atoms with van der Waals surface area (Å²) in [5.41, 5.74) is 2.10. The molecule has 0 unspecified atom stereocenters. The van der Waals surface area contributed by atoms with Gasteiger partial charge in [0.2, 0.25) is 5.91 Å². The van der Waals surface area contributed by atoms with Crippen molar-refractivity contribution in [2.45, 2.75) is 19.8 Å². The van der Waals surface area contributed by atoms with Gasteiger partial charge >= 0.3 is 0 Å². The SMILES string of the molecule is CNC(=O)c1ccc(C)c(NC(=O)CCCCl)c1. The second-order valence-electron chi connectivity index (χ2n) is 3.95. The summed E-state index contributed by atoms with van der Waals surface area (Å²) in [6.45, 7) is 1.88. The van der Waals surface area contributed by atoms with Crippen LogP contribution in [0.15, 0.2) is 18.2 Å². The van der Waals surface area contributed by atoms with E-state index in [0.29, 0.717) is 30.0 Å². The maximum atomic E-state index is 11.6. The first kappa shape index (κ1) is 14.5. The van der Waals surface area contributed by atoms with Crippen LogP contribution in [0.4, 0.5) is 5.69 Å². The Morgan fingerprint density at radius 3 is 2.67 bits per heavy atom. The van der Waals surface area contributed by atoms with Gasteiger partial charge < -0.3 is 10.6 Å². The minimum absolute atomic E-state index is 0.0900. The van der Waals surface area contributed by atoms with Gasteiger partial charge in [0.25, 0.3) is 5.91 Å². The summed E-state index contributed by atoms with van der Waals surface area (Å²) in [4.78, 5) is 23.1. The third-order valence-electron chi connectivity index (χ3n) is 2.54. The second kappa shape index (κ2) is 7.01.